The molecule has 1 aliphatic rings. The highest BCUT2D eigenvalue weighted by Gasteiger charge is 2.36. The Morgan fingerprint density at radius 3 is 2.95 bits per heavy atom. The van der Waals surface area contributed by atoms with Gasteiger partial charge in [0, 0.05) is 22.8 Å². The molecule has 1 aliphatic heterocycles. The summed E-state index contributed by atoms with van der Waals surface area (Å²) in [4.78, 5) is 29.1. The van der Waals surface area contributed by atoms with E-state index in [0.717, 1.165) is 16.5 Å². The second-order valence-electron chi connectivity index (χ2n) is 4.48. The summed E-state index contributed by atoms with van der Waals surface area (Å²) in [6.07, 6.45) is 2.35. The summed E-state index contributed by atoms with van der Waals surface area (Å²) in [5, 5.41) is 9.83. The lowest BCUT2D eigenvalue weighted by atomic mass is 10.0. The number of methoxy groups -OCH3 is 1. The van der Waals surface area contributed by atoms with E-state index in [1.807, 2.05) is 4.90 Å². The number of thiophene rings is 1. The zero-order valence-electron chi connectivity index (χ0n) is 10.7. The van der Waals surface area contributed by atoms with E-state index in [0.29, 0.717) is 12.4 Å². The zero-order valence-corrected chi connectivity index (χ0v) is 11.5. The molecule has 3 heterocycles. The van der Waals surface area contributed by atoms with Gasteiger partial charge in [-0.2, -0.15) is 0 Å². The molecule has 2 aromatic heterocycles. The summed E-state index contributed by atoms with van der Waals surface area (Å²) in [6, 6.07) is 3.06. The molecule has 6 nitrogen and oxygen atoms in total. The van der Waals surface area contributed by atoms with Gasteiger partial charge in [-0.3, -0.25) is 0 Å². The number of fused-ring (bicyclic) bond motifs is 1. The minimum atomic E-state index is -0.953. The maximum atomic E-state index is 11.6. The van der Waals surface area contributed by atoms with Crippen LogP contribution in [0.1, 0.15) is 16.1 Å². The number of carbonyl (C=O) groups excluding carboxylic acids is 1. The summed E-state index contributed by atoms with van der Waals surface area (Å²) in [7, 11) is 1.36. The summed E-state index contributed by atoms with van der Waals surface area (Å²) in [5.41, 5.74) is 0. The lowest BCUT2D eigenvalue weighted by Gasteiger charge is -2.39. The number of aromatic carboxylic acids is 1. The van der Waals surface area contributed by atoms with Crippen LogP contribution < -0.4 is 4.90 Å². The Morgan fingerprint density at radius 2 is 2.35 bits per heavy atom. The van der Waals surface area contributed by atoms with Crippen molar-refractivity contribution in [2.45, 2.75) is 12.5 Å². The molecule has 0 aromatic carbocycles. The Balaban J connectivity index is 2.03. The first-order valence-corrected chi connectivity index (χ1v) is 6.90. The highest BCUT2D eigenvalue weighted by molar-refractivity contribution is 7.20. The maximum absolute atomic E-state index is 11.6. The SMILES string of the molecule is COC(=O)C1CCN1c1nccc2sc(C(=O)O)cc12. The molecule has 1 fully saturated rings. The van der Waals surface area contributed by atoms with E-state index in [9.17, 15) is 9.59 Å². The van der Waals surface area contributed by atoms with Crippen molar-refractivity contribution in [1.82, 2.24) is 4.98 Å². The second kappa shape index (κ2) is 4.75. The Bertz CT molecular complexity index is 697. The summed E-state index contributed by atoms with van der Waals surface area (Å²) in [5.74, 6) is -0.595. The van der Waals surface area contributed by atoms with Crippen molar-refractivity contribution < 1.29 is 19.4 Å². The fourth-order valence-corrected chi connectivity index (χ4v) is 3.20. The van der Waals surface area contributed by atoms with E-state index < -0.39 is 5.97 Å². The van der Waals surface area contributed by atoms with Crippen LogP contribution in [-0.4, -0.2) is 41.7 Å². The first kappa shape index (κ1) is 12.9. The van der Waals surface area contributed by atoms with E-state index in [1.165, 1.54) is 18.4 Å². The summed E-state index contributed by atoms with van der Waals surface area (Å²) >= 11 is 1.20. The molecule has 0 amide bonds. The third-order valence-corrected chi connectivity index (χ3v) is 4.49. The average molecular weight is 292 g/mol. The Kier molecular flexibility index (Phi) is 3.06. The second-order valence-corrected chi connectivity index (χ2v) is 5.57. The van der Waals surface area contributed by atoms with Crippen molar-refractivity contribution in [3.63, 3.8) is 0 Å². The molecule has 1 N–H and O–H groups in total. The number of carboxylic acids is 1. The van der Waals surface area contributed by atoms with Gasteiger partial charge in [-0.1, -0.05) is 0 Å². The topological polar surface area (TPSA) is 79.7 Å². The Morgan fingerprint density at radius 1 is 1.55 bits per heavy atom. The first-order valence-electron chi connectivity index (χ1n) is 6.08. The third kappa shape index (κ3) is 1.90. The smallest absolute Gasteiger partial charge is 0.345 e. The van der Waals surface area contributed by atoms with Crippen LogP contribution in [0.2, 0.25) is 0 Å². The molecule has 0 spiro atoms. The number of aromatic nitrogens is 1. The molecule has 7 heteroatoms. The minimum absolute atomic E-state index is 0.268. The van der Waals surface area contributed by atoms with Crippen molar-refractivity contribution >= 4 is 39.2 Å². The van der Waals surface area contributed by atoms with Crippen molar-refractivity contribution in [2.24, 2.45) is 0 Å². The van der Waals surface area contributed by atoms with Gasteiger partial charge < -0.3 is 14.7 Å². The van der Waals surface area contributed by atoms with Crippen LogP contribution in [-0.2, 0) is 9.53 Å². The first-order chi connectivity index (χ1) is 9.61. The molecule has 104 valence electrons. The zero-order chi connectivity index (χ0) is 14.3. The van der Waals surface area contributed by atoms with Crippen LogP contribution >= 0.6 is 11.3 Å². The predicted molar refractivity (Wildman–Crippen MR) is 74.3 cm³/mol. The number of ether oxygens (including phenoxy) is 1. The van der Waals surface area contributed by atoms with E-state index in [1.54, 1.807) is 18.3 Å². The van der Waals surface area contributed by atoms with Gasteiger partial charge >= 0.3 is 11.9 Å². The molecule has 3 rings (SSSR count). The fourth-order valence-electron chi connectivity index (χ4n) is 2.30. The van der Waals surface area contributed by atoms with Gasteiger partial charge in [0.05, 0.1) is 7.11 Å². The molecule has 2 aromatic rings. The molecule has 0 radical (unpaired) electrons. The average Bonchev–Trinajstić information content (AvgIpc) is 2.82. The van der Waals surface area contributed by atoms with Crippen LogP contribution in [0.3, 0.4) is 0 Å². The highest BCUT2D eigenvalue weighted by Crippen LogP contribution is 2.35. The monoisotopic (exact) mass is 292 g/mol. The molecule has 1 atom stereocenters. The van der Waals surface area contributed by atoms with Crippen molar-refractivity contribution in [3.05, 3.63) is 23.2 Å². The quantitative estimate of drug-likeness (QED) is 0.868. The van der Waals surface area contributed by atoms with E-state index in [2.05, 4.69) is 4.98 Å². The van der Waals surface area contributed by atoms with Crippen LogP contribution in [0.4, 0.5) is 5.82 Å². The number of esters is 1. The van der Waals surface area contributed by atoms with E-state index in [4.69, 9.17) is 9.84 Å². The number of pyridine rings is 1. The number of anilines is 1. The van der Waals surface area contributed by atoms with E-state index >= 15 is 0 Å². The molecule has 1 unspecified atom stereocenters. The number of hydrogen-bond donors (Lipinski definition) is 1. The van der Waals surface area contributed by atoms with Gasteiger partial charge in [0.15, 0.2) is 0 Å². The molecule has 0 saturated carbocycles. The molecule has 0 bridgehead atoms. The molecule has 20 heavy (non-hydrogen) atoms. The predicted octanol–water partition coefficient (Wildman–Crippen LogP) is 1.75. The van der Waals surface area contributed by atoms with Gasteiger partial charge in [-0.15, -0.1) is 11.3 Å². The van der Waals surface area contributed by atoms with Crippen LogP contribution in [0.25, 0.3) is 10.1 Å². The highest BCUT2D eigenvalue weighted by atomic mass is 32.1. The van der Waals surface area contributed by atoms with Crippen LogP contribution in [0, 0.1) is 0 Å². The van der Waals surface area contributed by atoms with Crippen molar-refractivity contribution in [2.75, 3.05) is 18.6 Å². The summed E-state index contributed by atoms with van der Waals surface area (Å²) in [6.45, 7) is 0.712. The van der Waals surface area contributed by atoms with Gasteiger partial charge in [-0.25, -0.2) is 14.6 Å². The number of carboxylic acid groups (broad SMARTS) is 1. The standard InChI is InChI=1S/C13H12N2O4S/c1-19-13(18)8-3-5-15(8)11-7-6-10(12(16)17)20-9(7)2-4-14-11/h2,4,6,8H,3,5H2,1H3,(H,16,17). The number of rotatable bonds is 3. The molecule has 0 aliphatic carbocycles. The normalized spacial score (nSPS) is 17.9. The van der Waals surface area contributed by atoms with Gasteiger partial charge in [0.2, 0.25) is 0 Å². The number of nitrogens with zero attached hydrogens (tertiary/aromatic N) is 2. The lowest BCUT2D eigenvalue weighted by molar-refractivity contribution is -0.143. The fraction of sp³-hybridized carbons (Fsp3) is 0.308. The van der Waals surface area contributed by atoms with Crippen molar-refractivity contribution in [3.8, 4) is 0 Å². The Labute approximate surface area is 118 Å². The van der Waals surface area contributed by atoms with Crippen LogP contribution in [0.15, 0.2) is 18.3 Å². The largest absolute Gasteiger partial charge is 0.477 e. The molecular weight excluding hydrogens is 280 g/mol. The summed E-state index contributed by atoms with van der Waals surface area (Å²) < 4.78 is 5.61. The minimum Gasteiger partial charge on any atom is -0.477 e. The third-order valence-electron chi connectivity index (χ3n) is 3.40. The molecular formula is C13H12N2O4S. The maximum Gasteiger partial charge on any atom is 0.345 e. The van der Waals surface area contributed by atoms with Crippen molar-refractivity contribution in [1.29, 1.82) is 0 Å². The van der Waals surface area contributed by atoms with Crippen LogP contribution in [0.5, 0.6) is 0 Å². The van der Waals surface area contributed by atoms with E-state index in [-0.39, 0.29) is 16.9 Å². The number of hydrogen-bond acceptors (Lipinski definition) is 6. The Hall–Kier alpha value is -2.15. The lowest BCUT2D eigenvalue weighted by Crippen LogP contribution is -2.53. The van der Waals surface area contributed by atoms with Gasteiger partial charge in [-0.05, 0) is 18.6 Å². The molecule has 1 saturated heterocycles. The van der Waals surface area contributed by atoms with Gasteiger partial charge in [0.25, 0.3) is 0 Å². The van der Waals surface area contributed by atoms with Gasteiger partial charge in [0.1, 0.15) is 16.7 Å². The number of carbonyl (C=O) groups is 2.